The summed E-state index contributed by atoms with van der Waals surface area (Å²) in [6.07, 6.45) is 17.1. The molecule has 0 aliphatic heterocycles. The molecule has 0 fully saturated rings. The maximum absolute atomic E-state index is 2.57. The maximum atomic E-state index is 2.57. The lowest BCUT2D eigenvalue weighted by Gasteiger charge is -2.54. The van der Waals surface area contributed by atoms with Gasteiger partial charge in [0.2, 0.25) is 0 Å². The van der Waals surface area contributed by atoms with E-state index in [4.69, 9.17) is 0 Å². The van der Waals surface area contributed by atoms with E-state index in [0.29, 0.717) is 0 Å². The molecule has 1 unspecified atom stereocenters. The molecule has 0 aromatic carbocycles. The van der Waals surface area contributed by atoms with Crippen LogP contribution >= 0.6 is 11.8 Å². The van der Waals surface area contributed by atoms with E-state index in [2.05, 4.69) is 104 Å². The van der Waals surface area contributed by atoms with E-state index in [1.54, 1.807) is 5.57 Å². The number of thioether (sulfide) groups is 1. The summed E-state index contributed by atoms with van der Waals surface area (Å²) in [4.78, 5) is 0. The Morgan fingerprint density at radius 2 is 1.59 bits per heavy atom. The van der Waals surface area contributed by atoms with Crippen LogP contribution in [0.2, 0.25) is 0 Å². The third-order valence-corrected chi connectivity index (χ3v) is 8.25. The topological polar surface area (TPSA) is 0 Å². The highest BCUT2D eigenvalue weighted by Crippen LogP contribution is 2.60. The van der Waals surface area contributed by atoms with Crippen molar-refractivity contribution in [1.82, 2.24) is 0 Å². The molecule has 0 aromatic rings. The van der Waals surface area contributed by atoms with Gasteiger partial charge in [0.1, 0.15) is 0 Å². The van der Waals surface area contributed by atoms with Crippen LogP contribution in [0.25, 0.3) is 0 Å². The minimum absolute atomic E-state index is 0.109. The van der Waals surface area contributed by atoms with Gasteiger partial charge in [-0.25, -0.2) is 0 Å². The molecule has 0 saturated heterocycles. The Balaban J connectivity index is 2.62. The molecule has 0 radical (unpaired) electrons. The van der Waals surface area contributed by atoms with Crippen LogP contribution in [0.4, 0.5) is 0 Å². The minimum Gasteiger partial charge on any atom is -0.149 e. The highest BCUT2D eigenvalue weighted by Gasteiger charge is 2.52. The predicted octanol–water partition coefficient (Wildman–Crippen LogP) is 8.52. The van der Waals surface area contributed by atoms with Crippen molar-refractivity contribution in [1.29, 1.82) is 0 Å². The molecule has 0 heterocycles. The molecular formula is C26H42S. The standard InChI is InChI=1S/C26H42S/c1-10-11-18-27-26(25(8,9)20-14-12-13-15-20)17-16-21(23(2,3)4)19-22(26)24(5,6)7/h12,14-16,19H,10-11,13,17-18H2,1-9H3. The predicted molar refractivity (Wildman–Crippen MR) is 125 cm³/mol. The number of rotatable bonds is 6. The summed E-state index contributed by atoms with van der Waals surface area (Å²) in [7, 11) is 0. The molecule has 0 N–H and O–H groups in total. The van der Waals surface area contributed by atoms with Crippen molar-refractivity contribution in [2.24, 2.45) is 16.2 Å². The molecule has 0 spiro atoms. The van der Waals surface area contributed by atoms with Gasteiger partial charge in [0.05, 0.1) is 4.75 Å². The minimum atomic E-state index is 0.109. The second-order valence-corrected chi connectivity index (χ2v) is 12.3. The van der Waals surface area contributed by atoms with Crippen molar-refractivity contribution in [2.45, 2.75) is 92.7 Å². The Bertz CT molecular complexity index is 655. The van der Waals surface area contributed by atoms with Crippen LogP contribution in [0.3, 0.4) is 0 Å². The molecule has 1 heteroatoms. The Hall–Kier alpha value is -0.690. The van der Waals surface area contributed by atoms with E-state index in [1.807, 2.05) is 0 Å². The number of hydrogen-bond donors (Lipinski definition) is 0. The summed E-state index contributed by atoms with van der Waals surface area (Å²) < 4.78 is 0.121. The fourth-order valence-corrected chi connectivity index (χ4v) is 6.48. The fourth-order valence-electron chi connectivity index (χ4n) is 4.49. The molecule has 2 aliphatic rings. The van der Waals surface area contributed by atoms with Gasteiger partial charge in [-0.3, -0.25) is 0 Å². The summed E-state index contributed by atoms with van der Waals surface area (Å²) in [6, 6.07) is 0. The van der Waals surface area contributed by atoms with Crippen LogP contribution in [0.15, 0.2) is 47.1 Å². The van der Waals surface area contributed by atoms with Crippen LogP contribution < -0.4 is 0 Å². The smallest absolute Gasteiger partial charge is 0.0501 e. The van der Waals surface area contributed by atoms with E-state index < -0.39 is 0 Å². The van der Waals surface area contributed by atoms with Crippen LogP contribution in [0.5, 0.6) is 0 Å². The molecule has 152 valence electrons. The lowest BCUT2D eigenvalue weighted by molar-refractivity contribution is 0.297. The Morgan fingerprint density at radius 3 is 2.07 bits per heavy atom. The van der Waals surface area contributed by atoms with Crippen molar-refractivity contribution >= 4 is 11.8 Å². The third-order valence-electron chi connectivity index (χ3n) is 6.37. The van der Waals surface area contributed by atoms with Crippen molar-refractivity contribution in [3.8, 4) is 0 Å². The highest BCUT2D eigenvalue weighted by atomic mass is 32.2. The van der Waals surface area contributed by atoms with Crippen molar-refractivity contribution in [3.05, 3.63) is 47.1 Å². The molecule has 0 bridgehead atoms. The van der Waals surface area contributed by atoms with E-state index in [0.717, 1.165) is 12.8 Å². The first-order chi connectivity index (χ1) is 12.4. The summed E-state index contributed by atoms with van der Waals surface area (Å²) in [6.45, 7) is 21.6. The monoisotopic (exact) mass is 386 g/mol. The lowest BCUT2D eigenvalue weighted by atomic mass is 9.59. The molecule has 27 heavy (non-hydrogen) atoms. The van der Waals surface area contributed by atoms with Gasteiger partial charge in [-0.05, 0) is 52.6 Å². The van der Waals surface area contributed by atoms with Crippen molar-refractivity contribution in [2.75, 3.05) is 5.75 Å². The average Bonchev–Trinajstić information content (AvgIpc) is 3.08. The summed E-state index contributed by atoms with van der Waals surface area (Å²) >= 11 is 2.22. The Labute approximate surface area is 173 Å². The molecule has 2 rings (SSSR count). The second-order valence-electron chi connectivity index (χ2n) is 10.9. The molecule has 0 saturated carbocycles. The first-order valence-corrected chi connectivity index (χ1v) is 11.8. The molecule has 1 atom stereocenters. The fraction of sp³-hybridized carbons (Fsp3) is 0.692. The van der Waals surface area contributed by atoms with Crippen LogP contribution in [0.1, 0.15) is 88.0 Å². The average molecular weight is 387 g/mol. The van der Waals surface area contributed by atoms with Crippen molar-refractivity contribution in [3.63, 3.8) is 0 Å². The largest absolute Gasteiger partial charge is 0.149 e. The first kappa shape index (κ1) is 22.6. The lowest BCUT2D eigenvalue weighted by Crippen LogP contribution is -2.49. The van der Waals surface area contributed by atoms with Gasteiger partial charge in [0.15, 0.2) is 0 Å². The summed E-state index contributed by atoms with van der Waals surface area (Å²) in [5.41, 5.74) is 5.13. The SMILES string of the molecule is CCCCSC1(C(C)(C)C2=CCC=C2)CC=C(C(C)(C)C)C=C1C(C)(C)C. The number of unbranched alkanes of at least 4 members (excludes halogenated alkanes) is 1. The summed E-state index contributed by atoms with van der Waals surface area (Å²) in [5, 5.41) is 0. The zero-order chi connectivity index (χ0) is 20.5. The van der Waals surface area contributed by atoms with Crippen LogP contribution in [-0.2, 0) is 0 Å². The van der Waals surface area contributed by atoms with Gasteiger partial charge in [-0.1, -0.05) is 99.1 Å². The number of hydrogen-bond acceptors (Lipinski definition) is 1. The van der Waals surface area contributed by atoms with Crippen LogP contribution in [-0.4, -0.2) is 10.5 Å². The van der Waals surface area contributed by atoms with Gasteiger partial charge in [0, 0.05) is 5.41 Å². The zero-order valence-corrected chi connectivity index (χ0v) is 20.1. The molecule has 2 aliphatic carbocycles. The zero-order valence-electron chi connectivity index (χ0n) is 19.3. The Morgan fingerprint density at radius 1 is 0.926 bits per heavy atom. The van der Waals surface area contributed by atoms with Gasteiger partial charge < -0.3 is 0 Å². The van der Waals surface area contributed by atoms with Gasteiger partial charge in [-0.15, -0.1) is 11.8 Å². The highest BCUT2D eigenvalue weighted by molar-refractivity contribution is 8.00. The third kappa shape index (κ3) is 4.50. The quantitative estimate of drug-likeness (QED) is 0.412. The van der Waals surface area contributed by atoms with E-state index in [-0.39, 0.29) is 21.0 Å². The normalized spacial score (nSPS) is 24.0. The molecule has 0 aromatic heterocycles. The van der Waals surface area contributed by atoms with Gasteiger partial charge >= 0.3 is 0 Å². The molecular weight excluding hydrogens is 344 g/mol. The second kappa shape index (κ2) is 7.97. The van der Waals surface area contributed by atoms with E-state index >= 15 is 0 Å². The van der Waals surface area contributed by atoms with E-state index in [1.165, 1.54) is 29.7 Å². The van der Waals surface area contributed by atoms with Gasteiger partial charge in [0.25, 0.3) is 0 Å². The first-order valence-electron chi connectivity index (χ1n) is 10.8. The molecule has 0 amide bonds. The van der Waals surface area contributed by atoms with E-state index in [9.17, 15) is 0 Å². The Kier molecular flexibility index (Phi) is 6.67. The molecule has 0 nitrogen and oxygen atoms in total. The van der Waals surface area contributed by atoms with Crippen LogP contribution in [0, 0.1) is 16.2 Å². The van der Waals surface area contributed by atoms with Crippen molar-refractivity contribution < 1.29 is 0 Å². The van der Waals surface area contributed by atoms with Gasteiger partial charge in [-0.2, -0.15) is 0 Å². The maximum Gasteiger partial charge on any atom is 0.0501 e. The number of allylic oxidation sites excluding steroid dienone is 7. The summed E-state index contributed by atoms with van der Waals surface area (Å²) in [5.74, 6) is 1.24.